The van der Waals surface area contributed by atoms with E-state index in [1.807, 2.05) is 0 Å². The standard InChI is InChI=1S/C21H26N4O2/c1-14-3-4-15(2)17(7-14)10-25-11-19-18(13-27-20(19)12-25)8-22-21(26)16-5-6-23-24-9-16/h3-7,9,18-20H,8,10-13H2,1-2H3,(H,22,26)/t18-,19-,20-/m0/s1. The molecule has 0 radical (unpaired) electrons. The average Bonchev–Trinajstić information content (AvgIpc) is 3.24. The molecule has 0 bridgehead atoms. The van der Waals surface area contributed by atoms with Crippen molar-refractivity contribution >= 4 is 5.91 Å². The Hall–Kier alpha value is -2.31. The van der Waals surface area contributed by atoms with Crippen LogP contribution in [-0.4, -0.2) is 53.3 Å². The fourth-order valence-corrected chi connectivity index (χ4v) is 4.18. The highest BCUT2D eigenvalue weighted by Gasteiger charge is 2.43. The molecule has 142 valence electrons. The number of ether oxygens (including phenoxy) is 1. The highest BCUT2D eigenvalue weighted by Crippen LogP contribution is 2.34. The van der Waals surface area contributed by atoms with Gasteiger partial charge in [-0.2, -0.15) is 10.2 Å². The molecule has 1 amide bonds. The number of hydrogen-bond donors (Lipinski definition) is 1. The predicted molar refractivity (Wildman–Crippen MR) is 102 cm³/mol. The summed E-state index contributed by atoms with van der Waals surface area (Å²) in [5.41, 5.74) is 4.58. The number of hydrogen-bond acceptors (Lipinski definition) is 5. The summed E-state index contributed by atoms with van der Waals surface area (Å²) in [6.07, 6.45) is 3.30. The Morgan fingerprint density at radius 2 is 2.15 bits per heavy atom. The van der Waals surface area contributed by atoms with Crippen LogP contribution in [0, 0.1) is 25.7 Å². The third kappa shape index (κ3) is 4.01. The number of likely N-dealkylation sites (tertiary alicyclic amines) is 1. The molecule has 0 spiro atoms. The first kappa shape index (κ1) is 18.1. The van der Waals surface area contributed by atoms with E-state index >= 15 is 0 Å². The number of carbonyl (C=O) groups is 1. The molecular formula is C21H26N4O2. The van der Waals surface area contributed by atoms with Crippen molar-refractivity contribution in [2.24, 2.45) is 11.8 Å². The molecule has 0 saturated carbocycles. The van der Waals surface area contributed by atoms with Crippen molar-refractivity contribution in [2.45, 2.75) is 26.5 Å². The zero-order valence-electron chi connectivity index (χ0n) is 15.9. The Morgan fingerprint density at radius 1 is 1.26 bits per heavy atom. The topological polar surface area (TPSA) is 67.4 Å². The molecular weight excluding hydrogens is 340 g/mol. The van der Waals surface area contributed by atoms with Crippen LogP contribution in [0.4, 0.5) is 0 Å². The minimum Gasteiger partial charge on any atom is -0.376 e. The van der Waals surface area contributed by atoms with Crippen LogP contribution in [0.5, 0.6) is 0 Å². The van der Waals surface area contributed by atoms with Gasteiger partial charge in [-0.25, -0.2) is 0 Å². The number of nitrogens with one attached hydrogen (secondary N) is 1. The van der Waals surface area contributed by atoms with Gasteiger partial charge in [0.2, 0.25) is 0 Å². The molecule has 6 heteroatoms. The molecule has 0 unspecified atom stereocenters. The molecule has 4 rings (SSSR count). The van der Waals surface area contributed by atoms with Gasteiger partial charge in [0, 0.05) is 38.0 Å². The van der Waals surface area contributed by atoms with E-state index in [1.165, 1.54) is 29.1 Å². The minimum absolute atomic E-state index is 0.0985. The van der Waals surface area contributed by atoms with Crippen LogP contribution in [0.3, 0.4) is 0 Å². The fraction of sp³-hybridized carbons (Fsp3) is 0.476. The molecule has 2 saturated heterocycles. The van der Waals surface area contributed by atoms with Crippen molar-refractivity contribution in [1.82, 2.24) is 20.4 Å². The molecule has 2 aromatic rings. The molecule has 27 heavy (non-hydrogen) atoms. The normalized spacial score (nSPS) is 24.7. The Labute approximate surface area is 159 Å². The van der Waals surface area contributed by atoms with E-state index in [0.717, 1.165) is 26.2 Å². The van der Waals surface area contributed by atoms with Crippen LogP contribution in [0.2, 0.25) is 0 Å². The van der Waals surface area contributed by atoms with E-state index < -0.39 is 0 Å². The lowest BCUT2D eigenvalue weighted by Gasteiger charge is -2.21. The van der Waals surface area contributed by atoms with Crippen molar-refractivity contribution in [3.63, 3.8) is 0 Å². The summed E-state index contributed by atoms with van der Waals surface area (Å²) in [6.45, 7) is 8.63. The Bertz CT molecular complexity index is 811. The van der Waals surface area contributed by atoms with Crippen molar-refractivity contribution in [3.8, 4) is 0 Å². The van der Waals surface area contributed by atoms with Gasteiger partial charge in [-0.3, -0.25) is 9.69 Å². The van der Waals surface area contributed by atoms with Crippen LogP contribution in [0.1, 0.15) is 27.0 Å². The number of benzene rings is 1. The van der Waals surface area contributed by atoms with Crippen LogP contribution in [0.25, 0.3) is 0 Å². The van der Waals surface area contributed by atoms with Crippen molar-refractivity contribution in [1.29, 1.82) is 0 Å². The monoisotopic (exact) mass is 366 g/mol. The molecule has 0 aliphatic carbocycles. The second kappa shape index (κ2) is 7.74. The smallest absolute Gasteiger partial charge is 0.252 e. The maximum atomic E-state index is 12.2. The molecule has 1 aromatic carbocycles. The van der Waals surface area contributed by atoms with Gasteiger partial charge in [-0.05, 0) is 31.0 Å². The maximum absolute atomic E-state index is 12.2. The summed E-state index contributed by atoms with van der Waals surface area (Å²) in [6, 6.07) is 8.32. The quantitative estimate of drug-likeness (QED) is 0.876. The summed E-state index contributed by atoms with van der Waals surface area (Å²) >= 11 is 0. The summed E-state index contributed by atoms with van der Waals surface area (Å²) in [5, 5.41) is 10.5. The second-order valence-corrected chi connectivity index (χ2v) is 7.76. The number of rotatable bonds is 5. The molecule has 6 nitrogen and oxygen atoms in total. The Kier molecular flexibility index (Phi) is 5.18. The van der Waals surface area contributed by atoms with Gasteiger partial charge in [0.25, 0.3) is 5.91 Å². The molecule has 3 heterocycles. The molecule has 2 aliphatic heterocycles. The lowest BCUT2D eigenvalue weighted by Crippen LogP contribution is -2.34. The first-order chi connectivity index (χ1) is 13.1. The number of aryl methyl sites for hydroxylation is 2. The van der Waals surface area contributed by atoms with Gasteiger partial charge in [0.05, 0.1) is 30.7 Å². The van der Waals surface area contributed by atoms with Crippen molar-refractivity contribution < 1.29 is 9.53 Å². The summed E-state index contributed by atoms with van der Waals surface area (Å²) in [4.78, 5) is 14.7. The average molecular weight is 366 g/mol. The molecule has 2 fully saturated rings. The van der Waals surface area contributed by atoms with Crippen molar-refractivity contribution in [2.75, 3.05) is 26.2 Å². The Balaban J connectivity index is 1.33. The maximum Gasteiger partial charge on any atom is 0.252 e. The summed E-state index contributed by atoms with van der Waals surface area (Å²) < 4.78 is 6.03. The fourth-order valence-electron chi connectivity index (χ4n) is 4.18. The summed E-state index contributed by atoms with van der Waals surface area (Å²) in [7, 11) is 0. The third-order valence-electron chi connectivity index (χ3n) is 5.78. The molecule has 1 N–H and O–H groups in total. The van der Waals surface area contributed by atoms with Crippen LogP contribution >= 0.6 is 0 Å². The van der Waals surface area contributed by atoms with Crippen LogP contribution < -0.4 is 5.32 Å². The van der Waals surface area contributed by atoms with Crippen LogP contribution in [-0.2, 0) is 11.3 Å². The highest BCUT2D eigenvalue weighted by atomic mass is 16.5. The largest absolute Gasteiger partial charge is 0.376 e. The van der Waals surface area contributed by atoms with Gasteiger partial charge in [0.1, 0.15) is 0 Å². The van der Waals surface area contributed by atoms with E-state index in [0.29, 0.717) is 23.9 Å². The molecule has 2 aliphatic rings. The van der Waals surface area contributed by atoms with E-state index in [9.17, 15) is 4.79 Å². The zero-order chi connectivity index (χ0) is 18.8. The van der Waals surface area contributed by atoms with E-state index in [-0.39, 0.29) is 12.0 Å². The number of carbonyl (C=O) groups excluding carboxylic acids is 1. The third-order valence-corrected chi connectivity index (χ3v) is 5.78. The Morgan fingerprint density at radius 3 is 2.96 bits per heavy atom. The first-order valence-corrected chi connectivity index (χ1v) is 9.55. The lowest BCUT2D eigenvalue weighted by molar-refractivity contribution is 0.0903. The lowest BCUT2D eigenvalue weighted by atomic mass is 9.93. The van der Waals surface area contributed by atoms with Gasteiger partial charge in [-0.15, -0.1) is 0 Å². The zero-order valence-corrected chi connectivity index (χ0v) is 15.9. The van der Waals surface area contributed by atoms with E-state index in [4.69, 9.17) is 4.74 Å². The first-order valence-electron chi connectivity index (χ1n) is 9.55. The molecule has 3 atom stereocenters. The summed E-state index contributed by atoms with van der Waals surface area (Å²) in [5.74, 6) is 0.738. The number of fused-ring (bicyclic) bond motifs is 1. The number of aromatic nitrogens is 2. The van der Waals surface area contributed by atoms with Crippen molar-refractivity contribution in [3.05, 3.63) is 58.9 Å². The SMILES string of the molecule is Cc1ccc(C)c(CN2C[C@H]3[C@@H](CNC(=O)c4ccnnc4)CO[C@H]3C2)c1. The van der Waals surface area contributed by atoms with Crippen LogP contribution in [0.15, 0.2) is 36.7 Å². The molecule has 1 aromatic heterocycles. The highest BCUT2D eigenvalue weighted by molar-refractivity contribution is 5.93. The predicted octanol–water partition coefficient (Wildman–Crippen LogP) is 1.97. The van der Waals surface area contributed by atoms with Gasteiger partial charge in [-0.1, -0.05) is 23.8 Å². The van der Waals surface area contributed by atoms with Gasteiger partial charge < -0.3 is 10.1 Å². The second-order valence-electron chi connectivity index (χ2n) is 7.76. The van der Waals surface area contributed by atoms with Gasteiger partial charge >= 0.3 is 0 Å². The number of amides is 1. The number of nitrogens with zero attached hydrogens (tertiary/aromatic N) is 3. The van der Waals surface area contributed by atoms with E-state index in [2.05, 4.69) is 52.5 Å². The van der Waals surface area contributed by atoms with Gasteiger partial charge in [0.15, 0.2) is 0 Å². The van der Waals surface area contributed by atoms with E-state index in [1.54, 1.807) is 6.07 Å². The minimum atomic E-state index is -0.0985.